The van der Waals surface area contributed by atoms with Crippen LogP contribution in [-0.2, 0) is 47.5 Å². The Hall–Kier alpha value is -2.59. The van der Waals surface area contributed by atoms with Crippen LogP contribution in [0.25, 0.3) is 10.6 Å². The number of hydrogen-bond acceptors (Lipinski definition) is 13. The third kappa shape index (κ3) is 8.94. The van der Waals surface area contributed by atoms with Crippen molar-refractivity contribution >= 4 is 23.1 Å². The van der Waals surface area contributed by atoms with Crippen LogP contribution >= 0.6 is 11.3 Å². The molecule has 17 atom stereocenters. The molecule has 3 saturated heterocycles. The molecule has 1 aromatic heterocycles. The number of fused-ring (bicyclic) bond motifs is 8. The largest absolute Gasteiger partial charge is 0.462 e. The number of carbonyl (C=O) groups is 2. The first kappa shape index (κ1) is 45.0. The van der Waals surface area contributed by atoms with E-state index in [1.54, 1.807) is 32.7 Å². The van der Waals surface area contributed by atoms with Crippen LogP contribution in [0, 0.1) is 30.6 Å². The van der Waals surface area contributed by atoms with Crippen molar-refractivity contribution in [2.45, 2.75) is 172 Å². The van der Waals surface area contributed by atoms with Gasteiger partial charge in [0.25, 0.3) is 0 Å². The summed E-state index contributed by atoms with van der Waals surface area (Å²) in [7, 11) is 6.96. The zero-order chi connectivity index (χ0) is 43.1. The number of nitrogens with zero attached hydrogens (tertiary/aromatic N) is 1. The minimum atomic E-state index is -0.654. The second-order valence-electron chi connectivity index (χ2n) is 18.5. The Morgan fingerprint density at radius 1 is 0.902 bits per heavy atom. The Kier molecular flexibility index (Phi) is 14.2. The number of rotatable bonds is 10. The zero-order valence-electron chi connectivity index (χ0n) is 37.5. The molecular weight excluding hydrogens is 797 g/mol. The van der Waals surface area contributed by atoms with Crippen molar-refractivity contribution in [1.29, 1.82) is 0 Å². The summed E-state index contributed by atoms with van der Waals surface area (Å²) in [5, 5.41) is 4.32. The molecule has 12 nitrogen and oxygen atoms in total. The lowest BCUT2D eigenvalue weighted by atomic mass is 9.67. The predicted octanol–water partition coefficient (Wildman–Crippen LogP) is 7.66. The lowest BCUT2D eigenvalue weighted by Crippen LogP contribution is -2.59. The van der Waals surface area contributed by atoms with Crippen LogP contribution in [0.2, 0.25) is 0 Å². The molecule has 0 radical (unpaired) electrons. The summed E-state index contributed by atoms with van der Waals surface area (Å²) in [5.74, 6) is -0.896. The second-order valence-corrected chi connectivity index (χ2v) is 19.5. The van der Waals surface area contributed by atoms with Crippen molar-refractivity contribution in [3.8, 4) is 10.6 Å². The van der Waals surface area contributed by atoms with E-state index in [0.29, 0.717) is 12.0 Å². The molecule has 61 heavy (non-hydrogen) atoms. The lowest BCUT2D eigenvalue weighted by Gasteiger charge is -2.44. The summed E-state index contributed by atoms with van der Waals surface area (Å²) >= 11 is 1.75. The quantitative estimate of drug-likeness (QED) is 0.235. The molecule has 3 aliphatic heterocycles. The molecule has 13 heteroatoms. The maximum absolute atomic E-state index is 15.2. The Balaban J connectivity index is 1.15. The monoisotopic (exact) mass is 864 g/mol. The molecule has 6 aliphatic rings. The van der Waals surface area contributed by atoms with E-state index in [-0.39, 0.29) is 103 Å². The van der Waals surface area contributed by atoms with Crippen molar-refractivity contribution < 1.29 is 47.5 Å². The van der Waals surface area contributed by atoms with Gasteiger partial charge < -0.3 is 43.2 Å². The van der Waals surface area contributed by atoms with Gasteiger partial charge in [0.2, 0.25) is 0 Å². The second kappa shape index (κ2) is 19.3. The van der Waals surface area contributed by atoms with E-state index in [0.717, 1.165) is 61.2 Å². The fraction of sp³-hybridized carbons (Fsp3) is 0.729. The highest BCUT2D eigenvalue weighted by Gasteiger charge is 2.57. The molecule has 0 amide bonds. The standard InChI is InChI=1S/C48H68N2O10S/c1-10-29-15-12-16-37(60-39-18-17-36(49-6)26(4)56-39)25(3)42(52)34-22-32-31-20-30(59-48-45(55-9)44(54-8)43(53-7)27(5)57-48)21-35(31)46-41(40(32)33(34)23-38(51)58-29)50-47(61-46)28-14-11-13-24(2)19-28/h11,13-14,19,22,25-27,29-33,35-37,39-40,43-45,48-49H,10,12,15-18,20-21,23H2,1-9H3/t25-,26?,27?,29+,30+,31+,32+,33-,35?,36+,37+,39+,40?,43?,44?,45?,48?/m1/s1. The number of benzene rings is 1. The number of methoxy groups -OCH3 is 3. The summed E-state index contributed by atoms with van der Waals surface area (Å²) in [4.78, 5) is 35.9. The Morgan fingerprint density at radius 3 is 2.39 bits per heavy atom. The normalized spacial score (nSPS) is 40.5. The van der Waals surface area contributed by atoms with Crippen molar-refractivity contribution in [3.05, 3.63) is 52.0 Å². The number of hydrogen-bond donors (Lipinski definition) is 1. The minimum absolute atomic E-state index is 0.00349. The maximum Gasteiger partial charge on any atom is 0.306 e. The Bertz CT molecular complexity index is 1890. The molecule has 2 aromatic rings. The van der Waals surface area contributed by atoms with Crippen LogP contribution in [0.3, 0.4) is 0 Å². The van der Waals surface area contributed by atoms with Crippen molar-refractivity contribution in [2.24, 2.45) is 23.7 Å². The summed E-state index contributed by atoms with van der Waals surface area (Å²) in [6, 6.07) is 8.75. The number of ether oxygens (including phenoxy) is 8. The third-order valence-corrected chi connectivity index (χ3v) is 16.2. The highest BCUT2D eigenvalue weighted by Crippen LogP contribution is 2.63. The van der Waals surface area contributed by atoms with Gasteiger partial charge >= 0.3 is 5.97 Å². The number of Topliss-reactive ketones (excluding diaryl/α,β-unsaturated/α-hetero) is 1. The van der Waals surface area contributed by atoms with E-state index in [4.69, 9.17) is 42.9 Å². The molecule has 1 N–H and O–H groups in total. The average Bonchev–Trinajstić information content (AvgIpc) is 3.97. The molecule has 8 rings (SSSR count). The van der Waals surface area contributed by atoms with Gasteiger partial charge in [-0.05, 0) is 103 Å². The molecule has 0 spiro atoms. The van der Waals surface area contributed by atoms with Crippen LogP contribution in [-0.4, -0.2) is 113 Å². The summed E-state index contributed by atoms with van der Waals surface area (Å²) in [6.07, 6.45) is 5.33. The molecule has 3 aliphatic carbocycles. The topological polar surface area (TPSA) is 133 Å². The van der Waals surface area contributed by atoms with Gasteiger partial charge in [-0.25, -0.2) is 4.98 Å². The smallest absolute Gasteiger partial charge is 0.306 e. The van der Waals surface area contributed by atoms with Gasteiger partial charge in [0, 0.05) is 61.5 Å². The molecular formula is C48H68N2O10S. The van der Waals surface area contributed by atoms with Crippen molar-refractivity contribution in [1.82, 2.24) is 10.3 Å². The summed E-state index contributed by atoms with van der Waals surface area (Å²) in [6.45, 7) is 10.2. The lowest BCUT2D eigenvalue weighted by molar-refractivity contribution is -0.314. The van der Waals surface area contributed by atoms with Gasteiger partial charge in [0.15, 0.2) is 18.4 Å². The molecule has 4 fully saturated rings. The molecule has 1 saturated carbocycles. The van der Waals surface area contributed by atoms with Crippen molar-refractivity contribution in [2.75, 3.05) is 28.4 Å². The molecule has 1 aromatic carbocycles. The number of esters is 1. The number of aromatic nitrogens is 1. The first-order valence-electron chi connectivity index (χ1n) is 22.9. The minimum Gasteiger partial charge on any atom is -0.462 e. The van der Waals surface area contributed by atoms with E-state index in [1.165, 1.54) is 10.4 Å². The van der Waals surface area contributed by atoms with Crippen LogP contribution in [0.5, 0.6) is 0 Å². The van der Waals surface area contributed by atoms with Gasteiger partial charge in [0.05, 0.1) is 36.5 Å². The average molecular weight is 865 g/mol. The molecule has 0 bridgehead atoms. The zero-order valence-corrected chi connectivity index (χ0v) is 38.3. The number of nitrogens with one attached hydrogen (secondary N) is 1. The van der Waals surface area contributed by atoms with Crippen LogP contribution in [0.1, 0.15) is 113 Å². The van der Waals surface area contributed by atoms with Gasteiger partial charge in [-0.15, -0.1) is 11.3 Å². The van der Waals surface area contributed by atoms with Crippen LogP contribution < -0.4 is 5.32 Å². The number of allylic oxidation sites excluding steroid dienone is 2. The number of thiazole rings is 1. The third-order valence-electron chi connectivity index (χ3n) is 14.9. The van der Waals surface area contributed by atoms with E-state index in [2.05, 4.69) is 56.4 Å². The molecule has 4 heterocycles. The first-order valence-corrected chi connectivity index (χ1v) is 23.7. The highest BCUT2D eigenvalue weighted by atomic mass is 32.1. The van der Waals surface area contributed by atoms with E-state index in [9.17, 15) is 4.79 Å². The fourth-order valence-corrected chi connectivity index (χ4v) is 13.0. The number of likely N-dealkylation sites (N-methyl/N-ethyl adjacent to an activating group) is 1. The highest BCUT2D eigenvalue weighted by molar-refractivity contribution is 7.15. The predicted molar refractivity (Wildman–Crippen MR) is 231 cm³/mol. The van der Waals surface area contributed by atoms with Gasteiger partial charge in [0.1, 0.15) is 29.4 Å². The van der Waals surface area contributed by atoms with Gasteiger partial charge in [-0.2, -0.15) is 0 Å². The Morgan fingerprint density at radius 2 is 1.69 bits per heavy atom. The number of carbonyl (C=O) groups excluding carboxylic acids is 2. The number of aryl methyl sites for hydroxylation is 1. The number of ketones is 1. The summed E-state index contributed by atoms with van der Waals surface area (Å²) in [5.41, 5.74) is 3.96. The fourth-order valence-electron chi connectivity index (χ4n) is 11.7. The SMILES string of the molecule is CC[C@H]1CCC[C@H](O[C@H]2CC[C@H](NC)C(C)O2)[C@@H](C)C(=O)C2=C[C@@H]3C(c4nc(-c5cccc(C)c5)sc4C4C[C@@H](OC5OC(C)C(OC)C(OC)C5OC)C[C@H]43)[C@@H]2CC(=O)O1. The van der Waals surface area contributed by atoms with Crippen molar-refractivity contribution in [3.63, 3.8) is 0 Å². The van der Waals surface area contributed by atoms with E-state index in [1.807, 2.05) is 20.9 Å². The molecule has 336 valence electrons. The maximum atomic E-state index is 15.2. The summed E-state index contributed by atoms with van der Waals surface area (Å²) < 4.78 is 50.5. The van der Waals surface area contributed by atoms with Crippen LogP contribution in [0.15, 0.2) is 35.9 Å². The Labute approximate surface area is 366 Å². The number of cyclic esters (lactones) is 1. The van der Waals surface area contributed by atoms with Gasteiger partial charge in [-0.1, -0.05) is 43.7 Å². The van der Waals surface area contributed by atoms with Gasteiger partial charge in [-0.3, -0.25) is 9.59 Å². The molecule has 8 unspecified atom stereocenters. The van der Waals surface area contributed by atoms with Crippen LogP contribution in [0.4, 0.5) is 0 Å². The van der Waals surface area contributed by atoms with E-state index >= 15 is 4.79 Å². The first-order chi connectivity index (χ1) is 29.5. The van der Waals surface area contributed by atoms with E-state index < -0.39 is 18.3 Å².